The summed E-state index contributed by atoms with van der Waals surface area (Å²) in [5, 5.41) is 25.0. The maximum absolute atomic E-state index is 14.4. The quantitative estimate of drug-likeness (QED) is 0.0928. The molecule has 15 heteroatoms. The molecule has 0 spiro atoms. The molecule has 2 fully saturated rings. The number of aliphatic hydroxyl groups is 1. The van der Waals surface area contributed by atoms with E-state index >= 15 is 0 Å². The first-order valence-electron chi connectivity index (χ1n) is 22.4. The number of aliphatic hydroxyl groups excluding tert-OH is 1. The van der Waals surface area contributed by atoms with Crippen molar-refractivity contribution in [2.45, 2.75) is 127 Å². The van der Waals surface area contributed by atoms with Crippen LogP contribution in [0.4, 0.5) is 4.79 Å². The molecule has 1 aliphatic heterocycles. The van der Waals surface area contributed by atoms with Crippen molar-refractivity contribution in [1.82, 2.24) is 31.3 Å². The highest BCUT2D eigenvalue weighted by atomic mass is 31.0. The maximum atomic E-state index is 14.4. The van der Waals surface area contributed by atoms with Crippen molar-refractivity contribution in [2.24, 2.45) is 5.92 Å². The van der Waals surface area contributed by atoms with E-state index in [-0.39, 0.29) is 36.5 Å². The second-order valence-corrected chi connectivity index (χ2v) is 18.3. The van der Waals surface area contributed by atoms with Gasteiger partial charge in [-0.2, -0.15) is 0 Å². The zero-order valence-corrected chi connectivity index (χ0v) is 38.1. The highest BCUT2D eigenvalue weighted by Crippen LogP contribution is 2.44. The lowest BCUT2D eigenvalue weighted by Gasteiger charge is -2.35. The van der Waals surface area contributed by atoms with Gasteiger partial charge in [0.05, 0.1) is 30.3 Å². The lowest BCUT2D eigenvalue weighted by molar-refractivity contribution is -0.135. The fourth-order valence-corrected chi connectivity index (χ4v) is 9.58. The van der Waals surface area contributed by atoms with E-state index in [1.54, 1.807) is 30.3 Å². The van der Waals surface area contributed by atoms with Gasteiger partial charge in [0.1, 0.15) is 12.6 Å². The average Bonchev–Trinajstić information content (AvgIpc) is 3.83. The van der Waals surface area contributed by atoms with Crippen molar-refractivity contribution in [3.63, 3.8) is 0 Å². The van der Waals surface area contributed by atoms with Crippen molar-refractivity contribution < 1.29 is 38.6 Å². The number of fused-ring (bicyclic) bond motifs is 3. The Balaban J connectivity index is 1.11. The Bertz CT molecular complexity index is 2000. The number of amides is 5. The van der Waals surface area contributed by atoms with Crippen LogP contribution < -0.4 is 26.4 Å². The summed E-state index contributed by atoms with van der Waals surface area (Å²) in [7, 11) is 2.11. The molecule has 14 nitrogen and oxygen atoms in total. The number of carbonyl (C=O) groups is 5. The third-order valence-corrected chi connectivity index (χ3v) is 12.6. The number of benzene rings is 3. The van der Waals surface area contributed by atoms with Gasteiger partial charge >= 0.3 is 6.09 Å². The van der Waals surface area contributed by atoms with Crippen LogP contribution in [-0.2, 0) is 28.7 Å². The molecule has 63 heavy (non-hydrogen) atoms. The Morgan fingerprint density at radius 1 is 0.841 bits per heavy atom. The first kappa shape index (κ1) is 47.6. The van der Waals surface area contributed by atoms with E-state index in [2.05, 4.69) is 64.9 Å². The van der Waals surface area contributed by atoms with Gasteiger partial charge in [0.15, 0.2) is 6.10 Å². The Labute approximate surface area is 373 Å². The van der Waals surface area contributed by atoms with E-state index in [0.29, 0.717) is 37.9 Å². The predicted molar refractivity (Wildman–Crippen MR) is 244 cm³/mol. The molecule has 340 valence electrons. The largest absolute Gasteiger partial charge is 0.449 e. The molecule has 7 atom stereocenters. The fraction of sp³-hybridized carbons (Fsp3) is 0.521. The molecule has 2 aliphatic carbocycles. The number of rotatable bonds is 18. The molecular formula is C48H65N6O8P. The summed E-state index contributed by atoms with van der Waals surface area (Å²) in [6, 6.07) is 22.2. The number of alkyl carbamates (subject to hydrolysis) is 1. The number of carbonyl (C=O) groups excluding carboxylic acids is 5. The molecule has 0 aromatic heterocycles. The Hall–Kier alpha value is -4.88. The zero-order valence-electron chi connectivity index (χ0n) is 36.9. The minimum atomic E-state index is -1.66. The minimum Gasteiger partial charge on any atom is -0.449 e. The van der Waals surface area contributed by atoms with Gasteiger partial charge in [0.2, 0.25) is 17.7 Å². The van der Waals surface area contributed by atoms with E-state index in [9.17, 15) is 29.1 Å². The third-order valence-electron chi connectivity index (χ3n) is 12.3. The van der Waals surface area contributed by atoms with E-state index in [1.165, 1.54) is 0 Å². The monoisotopic (exact) mass is 884 g/mol. The van der Waals surface area contributed by atoms with Crippen LogP contribution in [0, 0.1) is 5.92 Å². The Kier molecular flexibility index (Phi) is 16.7. The molecule has 1 saturated carbocycles. The summed E-state index contributed by atoms with van der Waals surface area (Å²) in [5.74, 6) is -2.21. The highest BCUT2D eigenvalue weighted by molar-refractivity contribution is 7.15. The Morgan fingerprint density at radius 2 is 1.48 bits per heavy atom. The van der Waals surface area contributed by atoms with Gasteiger partial charge in [-0.25, -0.2) is 4.79 Å². The normalized spacial score (nSPS) is 19.7. The van der Waals surface area contributed by atoms with E-state index < -0.39 is 60.2 Å². The van der Waals surface area contributed by atoms with Crippen LogP contribution in [0.2, 0.25) is 0 Å². The molecule has 0 bridgehead atoms. The smallest absolute Gasteiger partial charge is 0.407 e. The predicted octanol–water partition coefficient (Wildman–Crippen LogP) is 5.26. The molecule has 5 amide bonds. The molecule has 1 heterocycles. The van der Waals surface area contributed by atoms with Crippen LogP contribution in [0.25, 0.3) is 11.1 Å². The standard InChI is InChI=1S/C48H65N6O8P/c1-5-16-38(43(56)46(59)49-26-41(55)52-42(45(58)53-63)31-19-10-7-11-20-31)50-44(57)40-25-32(62-48(2,3)4)27-54(40)28-39(30-17-8-6-9-18-30)51-47(60)61-29-37-35-23-14-12-21-33(35)34-22-13-15-24-36(34)37/h7,10-15,19-24,30,32,37-40,42-43,56H,5-6,8-9,16-18,25-29,63H2,1-4H3,(H,49,59)(H,50,57)(H,51,60)(H,52,55)(H,53,58)/t32-,38?,39-,40+,42+,43?/m1/s1. The van der Waals surface area contributed by atoms with Gasteiger partial charge in [-0.3, -0.25) is 24.1 Å². The van der Waals surface area contributed by atoms with Gasteiger partial charge in [-0.1, -0.05) is 111 Å². The molecule has 3 aliphatic rings. The van der Waals surface area contributed by atoms with Crippen LogP contribution in [0.15, 0.2) is 78.9 Å². The zero-order chi connectivity index (χ0) is 45.1. The maximum Gasteiger partial charge on any atom is 0.407 e. The first-order chi connectivity index (χ1) is 30.3. The summed E-state index contributed by atoms with van der Waals surface area (Å²) in [6.07, 6.45) is 3.89. The van der Waals surface area contributed by atoms with E-state index in [1.807, 2.05) is 52.0 Å². The molecule has 3 unspecified atom stereocenters. The van der Waals surface area contributed by atoms with Gasteiger partial charge in [0, 0.05) is 25.0 Å². The van der Waals surface area contributed by atoms with Crippen LogP contribution in [-0.4, -0.2) is 102 Å². The van der Waals surface area contributed by atoms with Crippen molar-refractivity contribution in [3.05, 3.63) is 95.6 Å². The van der Waals surface area contributed by atoms with Crippen molar-refractivity contribution in [1.29, 1.82) is 0 Å². The highest BCUT2D eigenvalue weighted by Gasteiger charge is 2.42. The summed E-state index contributed by atoms with van der Waals surface area (Å²) in [5.41, 5.74) is 4.65. The summed E-state index contributed by atoms with van der Waals surface area (Å²) < 4.78 is 12.5. The summed E-state index contributed by atoms with van der Waals surface area (Å²) in [4.78, 5) is 69.0. The fourth-order valence-electron chi connectivity index (χ4n) is 9.41. The van der Waals surface area contributed by atoms with Crippen molar-refractivity contribution >= 4 is 39.1 Å². The molecule has 1 saturated heterocycles. The summed E-state index contributed by atoms with van der Waals surface area (Å²) >= 11 is 0. The lowest BCUT2D eigenvalue weighted by Crippen LogP contribution is -2.56. The van der Waals surface area contributed by atoms with Gasteiger partial charge in [0.25, 0.3) is 5.91 Å². The number of nitrogens with zero attached hydrogens (tertiary/aromatic N) is 1. The van der Waals surface area contributed by atoms with Crippen LogP contribution >= 0.6 is 9.39 Å². The second kappa shape index (κ2) is 22.2. The molecule has 0 radical (unpaired) electrons. The summed E-state index contributed by atoms with van der Waals surface area (Å²) in [6.45, 7) is 8.32. The SMILES string of the molecule is CCCC(NC(=O)[C@@H]1C[C@@H](OC(C)(C)C)CN1C[C@@H](NC(=O)OCC1c2ccccc2-c2ccccc21)C1CCCCC1)C(O)C(=O)NCC(=O)N[C@H](C(=O)NP)c1ccccc1. The first-order valence-corrected chi connectivity index (χ1v) is 23.0. The number of hydrogen-bond donors (Lipinski definition) is 6. The van der Waals surface area contributed by atoms with Gasteiger partial charge < -0.3 is 40.9 Å². The van der Waals surface area contributed by atoms with Gasteiger partial charge in [-0.05, 0) is 89.6 Å². The average molecular weight is 885 g/mol. The number of hydrogen-bond acceptors (Lipinski definition) is 9. The Morgan fingerprint density at radius 3 is 2.10 bits per heavy atom. The molecule has 6 rings (SSSR count). The number of ether oxygens (including phenoxy) is 2. The second-order valence-electron chi connectivity index (χ2n) is 18.0. The molecule has 3 aromatic carbocycles. The number of nitrogens with one attached hydrogen (secondary N) is 5. The van der Waals surface area contributed by atoms with Gasteiger partial charge in [-0.15, -0.1) is 0 Å². The molecular weight excluding hydrogens is 820 g/mol. The minimum absolute atomic E-state index is 0.0795. The van der Waals surface area contributed by atoms with Crippen LogP contribution in [0.1, 0.15) is 108 Å². The van der Waals surface area contributed by atoms with Crippen LogP contribution in [0.5, 0.6) is 0 Å². The molecule has 3 aromatic rings. The third kappa shape index (κ3) is 12.7. The van der Waals surface area contributed by atoms with Crippen molar-refractivity contribution in [3.8, 4) is 11.1 Å². The topological polar surface area (TPSA) is 187 Å². The van der Waals surface area contributed by atoms with Crippen molar-refractivity contribution in [2.75, 3.05) is 26.2 Å². The molecule has 6 N–H and O–H groups in total. The van der Waals surface area contributed by atoms with E-state index in [0.717, 1.165) is 54.4 Å². The van der Waals surface area contributed by atoms with Crippen LogP contribution in [0.3, 0.4) is 0 Å². The van der Waals surface area contributed by atoms with E-state index in [4.69, 9.17) is 9.47 Å². The lowest BCUT2D eigenvalue weighted by atomic mass is 9.83. The number of likely N-dealkylation sites (tertiary alicyclic amines) is 1.